The number of aromatic nitrogens is 1. The van der Waals surface area contributed by atoms with Gasteiger partial charge in [-0.2, -0.15) is 16.6 Å². The Morgan fingerprint density at radius 2 is 2.33 bits per heavy atom. The van der Waals surface area contributed by atoms with E-state index in [1.807, 2.05) is 41.1 Å². The minimum absolute atomic E-state index is 0.592. The summed E-state index contributed by atoms with van der Waals surface area (Å²) in [6.45, 7) is 0. The van der Waals surface area contributed by atoms with Gasteiger partial charge in [-0.05, 0) is 40.6 Å². The molecule has 72 valence electrons. The molecule has 2 aromatic rings. The Hall–Kier alpha value is -1.92. The molecule has 0 aliphatic rings. The van der Waals surface area contributed by atoms with Crippen molar-refractivity contribution < 1.29 is 0 Å². The van der Waals surface area contributed by atoms with E-state index in [9.17, 15) is 0 Å². The molecular formula is C12H8N2S. The van der Waals surface area contributed by atoms with Crippen molar-refractivity contribution >= 4 is 23.0 Å². The largest absolute Gasteiger partial charge is 0.256 e. The molecule has 0 aliphatic carbocycles. The molecule has 0 fully saturated rings. The summed E-state index contributed by atoms with van der Waals surface area (Å²) in [5.41, 5.74) is 2.35. The van der Waals surface area contributed by atoms with Crippen LogP contribution in [0, 0.1) is 11.3 Å². The predicted molar refractivity (Wildman–Crippen MR) is 62.0 cm³/mol. The summed E-state index contributed by atoms with van der Waals surface area (Å²) in [5, 5.41) is 13.0. The van der Waals surface area contributed by atoms with Crippen molar-refractivity contribution in [2.75, 3.05) is 0 Å². The lowest BCUT2D eigenvalue weighted by Crippen LogP contribution is -1.84. The Bertz CT molecular complexity index is 492. The molecule has 2 rings (SSSR count). The maximum atomic E-state index is 9.02. The van der Waals surface area contributed by atoms with Crippen LogP contribution in [0.1, 0.15) is 11.3 Å². The summed E-state index contributed by atoms with van der Waals surface area (Å²) in [6, 6.07) is 9.68. The van der Waals surface area contributed by atoms with Crippen LogP contribution in [0.25, 0.3) is 11.6 Å². The fourth-order valence-electron chi connectivity index (χ4n) is 1.21. The smallest absolute Gasteiger partial charge is 0.101 e. The molecule has 0 aliphatic heterocycles. The SMILES string of the molecule is N#CC(=Cc1ccsc1)c1ccccn1. The van der Waals surface area contributed by atoms with Crippen LogP contribution in [-0.2, 0) is 0 Å². The zero-order valence-corrected chi connectivity index (χ0v) is 8.74. The van der Waals surface area contributed by atoms with Gasteiger partial charge in [0.1, 0.15) is 6.07 Å². The van der Waals surface area contributed by atoms with E-state index in [4.69, 9.17) is 5.26 Å². The van der Waals surface area contributed by atoms with Gasteiger partial charge in [-0.3, -0.25) is 4.98 Å². The molecule has 3 heteroatoms. The molecule has 2 heterocycles. The van der Waals surface area contributed by atoms with Crippen LogP contribution in [0.5, 0.6) is 0 Å². The average Bonchev–Trinajstić information content (AvgIpc) is 2.80. The number of pyridine rings is 1. The highest BCUT2D eigenvalue weighted by atomic mass is 32.1. The van der Waals surface area contributed by atoms with Gasteiger partial charge in [0, 0.05) is 6.20 Å². The van der Waals surface area contributed by atoms with Gasteiger partial charge in [0.05, 0.1) is 11.3 Å². The van der Waals surface area contributed by atoms with Crippen LogP contribution >= 0.6 is 11.3 Å². The van der Waals surface area contributed by atoms with Crippen LogP contribution in [0.3, 0.4) is 0 Å². The Kier molecular flexibility index (Phi) is 2.91. The van der Waals surface area contributed by atoms with E-state index in [1.165, 1.54) is 0 Å². The summed E-state index contributed by atoms with van der Waals surface area (Å²) in [4.78, 5) is 4.14. The van der Waals surface area contributed by atoms with Gasteiger partial charge in [0.25, 0.3) is 0 Å². The highest BCUT2D eigenvalue weighted by Crippen LogP contribution is 2.16. The Labute approximate surface area is 92.1 Å². The number of hydrogen-bond donors (Lipinski definition) is 0. The second-order valence-electron chi connectivity index (χ2n) is 2.94. The summed E-state index contributed by atoms with van der Waals surface area (Å²) in [6.07, 6.45) is 3.53. The van der Waals surface area contributed by atoms with E-state index in [-0.39, 0.29) is 0 Å². The number of hydrogen-bond acceptors (Lipinski definition) is 3. The molecule has 0 radical (unpaired) electrons. The normalized spacial score (nSPS) is 11.0. The van der Waals surface area contributed by atoms with Crippen LogP contribution in [-0.4, -0.2) is 4.98 Å². The van der Waals surface area contributed by atoms with Crippen LogP contribution in [0.2, 0.25) is 0 Å². The number of thiophene rings is 1. The van der Waals surface area contributed by atoms with Gasteiger partial charge in [0.15, 0.2) is 0 Å². The van der Waals surface area contributed by atoms with E-state index in [2.05, 4.69) is 11.1 Å². The molecular weight excluding hydrogens is 204 g/mol. The van der Waals surface area contributed by atoms with E-state index < -0.39 is 0 Å². The van der Waals surface area contributed by atoms with Gasteiger partial charge in [0.2, 0.25) is 0 Å². The molecule has 0 bridgehead atoms. The first kappa shape index (κ1) is 9.63. The molecule has 0 unspecified atom stereocenters. The van der Waals surface area contributed by atoms with Gasteiger partial charge < -0.3 is 0 Å². The molecule has 15 heavy (non-hydrogen) atoms. The van der Waals surface area contributed by atoms with Crippen molar-refractivity contribution in [3.63, 3.8) is 0 Å². The number of nitriles is 1. The molecule has 0 aromatic carbocycles. The van der Waals surface area contributed by atoms with Crippen molar-refractivity contribution in [1.29, 1.82) is 5.26 Å². The lowest BCUT2D eigenvalue weighted by molar-refractivity contribution is 1.28. The van der Waals surface area contributed by atoms with Crippen LogP contribution in [0.15, 0.2) is 41.2 Å². The second-order valence-corrected chi connectivity index (χ2v) is 3.72. The quantitative estimate of drug-likeness (QED) is 0.717. The Balaban J connectivity index is 2.38. The predicted octanol–water partition coefficient (Wildman–Crippen LogP) is 3.21. The van der Waals surface area contributed by atoms with E-state index >= 15 is 0 Å². The van der Waals surface area contributed by atoms with Crippen molar-refractivity contribution in [2.24, 2.45) is 0 Å². The molecule has 0 amide bonds. The first-order valence-corrected chi connectivity index (χ1v) is 5.40. The van der Waals surface area contributed by atoms with Crippen molar-refractivity contribution in [1.82, 2.24) is 4.98 Å². The maximum absolute atomic E-state index is 9.02. The fourth-order valence-corrected chi connectivity index (χ4v) is 1.83. The second kappa shape index (κ2) is 4.54. The standard InChI is InChI=1S/C12H8N2S/c13-8-11(7-10-4-6-15-9-10)12-3-1-2-5-14-12/h1-7,9H. The molecule has 0 spiro atoms. The minimum atomic E-state index is 0.592. The van der Waals surface area contributed by atoms with E-state index in [0.717, 1.165) is 5.56 Å². The third kappa shape index (κ3) is 2.30. The lowest BCUT2D eigenvalue weighted by Gasteiger charge is -1.95. The molecule has 0 saturated heterocycles. The van der Waals surface area contributed by atoms with Gasteiger partial charge in [-0.1, -0.05) is 6.07 Å². The van der Waals surface area contributed by atoms with Gasteiger partial charge in [-0.15, -0.1) is 0 Å². The lowest BCUT2D eigenvalue weighted by atomic mass is 10.1. The third-order valence-electron chi connectivity index (χ3n) is 1.92. The summed E-state index contributed by atoms with van der Waals surface area (Å²) >= 11 is 1.61. The van der Waals surface area contributed by atoms with Gasteiger partial charge >= 0.3 is 0 Å². The zero-order chi connectivity index (χ0) is 10.5. The van der Waals surface area contributed by atoms with Crippen LogP contribution < -0.4 is 0 Å². The molecule has 2 nitrogen and oxygen atoms in total. The van der Waals surface area contributed by atoms with Crippen LogP contribution in [0.4, 0.5) is 0 Å². The Morgan fingerprint density at radius 3 is 2.93 bits per heavy atom. The average molecular weight is 212 g/mol. The fraction of sp³-hybridized carbons (Fsp3) is 0. The first-order valence-electron chi connectivity index (χ1n) is 4.45. The van der Waals surface area contributed by atoms with Gasteiger partial charge in [-0.25, -0.2) is 0 Å². The highest BCUT2D eigenvalue weighted by Gasteiger charge is 2.00. The molecule has 2 aromatic heterocycles. The topological polar surface area (TPSA) is 36.7 Å². The minimum Gasteiger partial charge on any atom is -0.256 e. The number of rotatable bonds is 2. The molecule has 0 saturated carbocycles. The van der Waals surface area contributed by atoms with E-state index in [0.29, 0.717) is 11.3 Å². The summed E-state index contributed by atoms with van der Waals surface area (Å²) in [7, 11) is 0. The van der Waals surface area contributed by atoms with Crippen molar-refractivity contribution in [3.8, 4) is 6.07 Å². The van der Waals surface area contributed by atoms with E-state index in [1.54, 1.807) is 17.5 Å². The monoisotopic (exact) mass is 212 g/mol. The summed E-state index contributed by atoms with van der Waals surface area (Å²) in [5.74, 6) is 0. The first-order chi connectivity index (χ1) is 7.40. The number of allylic oxidation sites excluding steroid dienone is 1. The molecule has 0 N–H and O–H groups in total. The maximum Gasteiger partial charge on any atom is 0.101 e. The Morgan fingerprint density at radius 1 is 1.40 bits per heavy atom. The summed E-state index contributed by atoms with van der Waals surface area (Å²) < 4.78 is 0. The zero-order valence-electron chi connectivity index (χ0n) is 7.92. The number of nitrogens with zero attached hydrogens (tertiary/aromatic N) is 2. The molecule has 0 atom stereocenters. The van der Waals surface area contributed by atoms with Crippen molar-refractivity contribution in [3.05, 3.63) is 52.5 Å². The highest BCUT2D eigenvalue weighted by molar-refractivity contribution is 7.08. The van der Waals surface area contributed by atoms with Crippen molar-refractivity contribution in [2.45, 2.75) is 0 Å². The third-order valence-corrected chi connectivity index (χ3v) is 2.62.